The van der Waals surface area contributed by atoms with Gasteiger partial charge in [0.2, 0.25) is 0 Å². The van der Waals surface area contributed by atoms with E-state index in [2.05, 4.69) is 16.3 Å². The number of carbonyl (C=O) groups is 1. The molecule has 0 unspecified atom stereocenters. The molecule has 3 heterocycles. The Morgan fingerprint density at radius 2 is 2.08 bits per heavy atom. The average molecular weight is 350 g/mol. The molecule has 2 aromatic rings. The van der Waals surface area contributed by atoms with E-state index in [0.717, 1.165) is 18.2 Å². The lowest BCUT2D eigenvalue weighted by Gasteiger charge is -2.16. The Morgan fingerprint density at radius 3 is 2.73 bits per heavy atom. The van der Waals surface area contributed by atoms with E-state index in [4.69, 9.17) is 10.2 Å². The summed E-state index contributed by atoms with van der Waals surface area (Å²) in [4.78, 5) is 19.7. The highest BCUT2D eigenvalue weighted by atomic mass is 16.2. The number of hydrogen-bond donors (Lipinski definition) is 1. The van der Waals surface area contributed by atoms with Crippen molar-refractivity contribution in [3.05, 3.63) is 35.2 Å². The predicted octanol–water partition coefficient (Wildman–Crippen LogP) is 2.16. The average Bonchev–Trinajstić information content (AvgIpc) is 3.55. The van der Waals surface area contributed by atoms with E-state index in [1.54, 1.807) is 23.7 Å². The Kier molecular flexibility index (Phi) is 3.42. The summed E-state index contributed by atoms with van der Waals surface area (Å²) < 4.78 is 1.68. The van der Waals surface area contributed by atoms with Gasteiger partial charge >= 0.3 is 0 Å². The van der Waals surface area contributed by atoms with Gasteiger partial charge in [0.05, 0.1) is 0 Å². The fourth-order valence-electron chi connectivity index (χ4n) is 4.26. The van der Waals surface area contributed by atoms with Crippen LogP contribution in [0.2, 0.25) is 0 Å². The molecule has 0 spiro atoms. The Labute approximate surface area is 152 Å². The zero-order valence-electron chi connectivity index (χ0n) is 14.9. The Balaban J connectivity index is 1.39. The van der Waals surface area contributed by atoms with E-state index < -0.39 is 0 Å². The molecule has 2 aliphatic carbocycles. The van der Waals surface area contributed by atoms with Crippen LogP contribution in [0.25, 0.3) is 0 Å². The molecule has 0 aromatic carbocycles. The lowest BCUT2D eigenvalue weighted by Crippen LogP contribution is -2.30. The molecule has 7 heteroatoms. The van der Waals surface area contributed by atoms with Crippen LogP contribution in [0.5, 0.6) is 0 Å². The maximum atomic E-state index is 13.0. The summed E-state index contributed by atoms with van der Waals surface area (Å²) in [7, 11) is 1.77. The standard InChI is InChI=1S/C19H22N6O/c1-24-13(8-20)6-7-16(24)19(26)25-9-14(11-2-3-11)15(10-25)18-21-17(22-23-18)12-4-5-12/h6-7,11-12,14-15H,2-5,9-10H2,1H3,(H,21,22,23)/t14-,15+/m1/s1. The van der Waals surface area contributed by atoms with Crippen LogP contribution < -0.4 is 0 Å². The predicted molar refractivity (Wildman–Crippen MR) is 93.3 cm³/mol. The van der Waals surface area contributed by atoms with E-state index in [9.17, 15) is 4.79 Å². The minimum atomic E-state index is 0.00378. The maximum Gasteiger partial charge on any atom is 0.270 e. The number of nitrogens with zero attached hydrogens (tertiary/aromatic N) is 5. The molecular weight excluding hydrogens is 328 g/mol. The van der Waals surface area contributed by atoms with Gasteiger partial charge in [0.1, 0.15) is 23.3 Å². The topological polar surface area (TPSA) is 90.6 Å². The highest BCUT2D eigenvalue weighted by Gasteiger charge is 2.46. The van der Waals surface area contributed by atoms with Crippen molar-refractivity contribution in [2.45, 2.75) is 37.5 Å². The normalized spacial score (nSPS) is 25.5. The summed E-state index contributed by atoms with van der Waals surface area (Å²) in [6.45, 7) is 1.44. The molecule has 0 radical (unpaired) electrons. The third kappa shape index (κ3) is 2.52. The molecule has 7 nitrogen and oxygen atoms in total. The maximum absolute atomic E-state index is 13.0. The first-order valence-electron chi connectivity index (χ1n) is 9.43. The van der Waals surface area contributed by atoms with E-state index in [0.29, 0.717) is 35.7 Å². The van der Waals surface area contributed by atoms with Crippen LogP contribution >= 0.6 is 0 Å². The number of aromatic amines is 1. The first-order chi connectivity index (χ1) is 12.7. The Hall–Kier alpha value is -2.62. The van der Waals surface area contributed by atoms with Crippen molar-refractivity contribution in [3.63, 3.8) is 0 Å². The summed E-state index contributed by atoms with van der Waals surface area (Å²) in [6, 6.07) is 5.58. The minimum Gasteiger partial charge on any atom is -0.336 e. The third-order valence-corrected chi connectivity index (χ3v) is 6.15. The van der Waals surface area contributed by atoms with Crippen molar-refractivity contribution in [3.8, 4) is 6.07 Å². The van der Waals surface area contributed by atoms with Gasteiger partial charge in [0.25, 0.3) is 5.91 Å². The SMILES string of the molecule is Cn1c(C#N)ccc1C(=O)N1C[C@H](c2nc(C3CC3)n[nH]2)[C@@H](C2CC2)C1. The van der Waals surface area contributed by atoms with Gasteiger partial charge in [-0.15, -0.1) is 0 Å². The molecule has 2 aromatic heterocycles. The van der Waals surface area contributed by atoms with Gasteiger partial charge in [0, 0.05) is 32.0 Å². The van der Waals surface area contributed by atoms with Crippen molar-refractivity contribution in [2.75, 3.05) is 13.1 Å². The van der Waals surface area contributed by atoms with Gasteiger partial charge in [-0.25, -0.2) is 4.98 Å². The second-order valence-corrected chi connectivity index (χ2v) is 7.95. The summed E-state index contributed by atoms with van der Waals surface area (Å²) in [5, 5.41) is 16.7. The largest absolute Gasteiger partial charge is 0.336 e. The first-order valence-corrected chi connectivity index (χ1v) is 9.43. The van der Waals surface area contributed by atoms with Crippen LogP contribution in [0.3, 0.4) is 0 Å². The van der Waals surface area contributed by atoms with Crippen molar-refractivity contribution >= 4 is 5.91 Å². The number of amides is 1. The monoisotopic (exact) mass is 350 g/mol. The molecule has 2 saturated carbocycles. The van der Waals surface area contributed by atoms with Gasteiger partial charge in [-0.3, -0.25) is 9.89 Å². The summed E-state index contributed by atoms with van der Waals surface area (Å²) in [6.07, 6.45) is 4.87. The van der Waals surface area contributed by atoms with Crippen LogP contribution in [-0.2, 0) is 7.05 Å². The highest BCUT2D eigenvalue weighted by molar-refractivity contribution is 5.93. The van der Waals surface area contributed by atoms with Gasteiger partial charge < -0.3 is 9.47 Å². The zero-order chi connectivity index (χ0) is 17.8. The number of likely N-dealkylation sites (tertiary alicyclic amines) is 1. The molecule has 2 atom stereocenters. The molecule has 3 fully saturated rings. The van der Waals surface area contributed by atoms with E-state index >= 15 is 0 Å². The number of aromatic nitrogens is 4. The van der Waals surface area contributed by atoms with Gasteiger partial charge in [0.15, 0.2) is 5.82 Å². The number of hydrogen-bond acceptors (Lipinski definition) is 4. The van der Waals surface area contributed by atoms with E-state index in [-0.39, 0.29) is 11.8 Å². The number of nitriles is 1. The number of H-pyrrole nitrogens is 1. The first kappa shape index (κ1) is 15.6. The van der Waals surface area contributed by atoms with Crippen molar-refractivity contribution in [2.24, 2.45) is 18.9 Å². The zero-order valence-corrected chi connectivity index (χ0v) is 14.9. The summed E-state index contributed by atoms with van der Waals surface area (Å²) >= 11 is 0. The molecule has 134 valence electrons. The van der Waals surface area contributed by atoms with Crippen LogP contribution in [0.1, 0.15) is 65.4 Å². The van der Waals surface area contributed by atoms with Crippen LogP contribution in [-0.4, -0.2) is 43.6 Å². The van der Waals surface area contributed by atoms with E-state index in [1.165, 1.54) is 25.7 Å². The lowest BCUT2D eigenvalue weighted by atomic mass is 9.91. The quantitative estimate of drug-likeness (QED) is 0.915. The lowest BCUT2D eigenvalue weighted by molar-refractivity contribution is 0.0775. The molecule has 1 N–H and O–H groups in total. The molecule has 26 heavy (non-hydrogen) atoms. The number of rotatable bonds is 4. The van der Waals surface area contributed by atoms with Crippen molar-refractivity contribution < 1.29 is 4.79 Å². The Morgan fingerprint density at radius 1 is 1.27 bits per heavy atom. The summed E-state index contributed by atoms with van der Waals surface area (Å²) in [5.74, 6) is 3.81. The molecule has 1 amide bonds. The minimum absolute atomic E-state index is 0.00378. The second-order valence-electron chi connectivity index (χ2n) is 7.95. The van der Waals surface area contributed by atoms with Crippen LogP contribution in [0.15, 0.2) is 12.1 Å². The fraction of sp³-hybridized carbons (Fsp3) is 0.579. The molecule has 1 aliphatic heterocycles. The number of carbonyl (C=O) groups excluding carboxylic acids is 1. The summed E-state index contributed by atoms with van der Waals surface area (Å²) in [5.41, 5.74) is 1.08. The number of nitrogens with one attached hydrogen (secondary N) is 1. The van der Waals surface area contributed by atoms with Crippen molar-refractivity contribution in [1.29, 1.82) is 5.26 Å². The van der Waals surface area contributed by atoms with Gasteiger partial charge in [-0.2, -0.15) is 10.4 Å². The molecule has 0 bridgehead atoms. The molecule has 5 rings (SSSR count). The van der Waals surface area contributed by atoms with Crippen LogP contribution in [0.4, 0.5) is 0 Å². The van der Waals surface area contributed by atoms with E-state index in [1.807, 2.05) is 4.90 Å². The third-order valence-electron chi connectivity index (χ3n) is 6.15. The second kappa shape index (κ2) is 5.70. The molecule has 1 saturated heterocycles. The highest BCUT2D eigenvalue weighted by Crippen LogP contribution is 2.47. The molecule has 3 aliphatic rings. The van der Waals surface area contributed by atoms with Gasteiger partial charge in [-0.1, -0.05) is 0 Å². The fourth-order valence-corrected chi connectivity index (χ4v) is 4.26. The van der Waals surface area contributed by atoms with Crippen molar-refractivity contribution in [1.82, 2.24) is 24.6 Å². The van der Waals surface area contributed by atoms with Crippen LogP contribution in [0, 0.1) is 23.2 Å². The molecular formula is C19H22N6O. The van der Waals surface area contributed by atoms with Gasteiger partial charge in [-0.05, 0) is 49.7 Å². The Bertz CT molecular complexity index is 898. The smallest absolute Gasteiger partial charge is 0.270 e.